The van der Waals surface area contributed by atoms with Gasteiger partial charge < -0.3 is 4.42 Å². The lowest BCUT2D eigenvalue weighted by atomic mass is 10.2. The van der Waals surface area contributed by atoms with Crippen molar-refractivity contribution in [2.75, 3.05) is 4.90 Å². The van der Waals surface area contributed by atoms with Gasteiger partial charge >= 0.3 is 0 Å². The number of carbonyl (C=O) groups excluding carboxylic acids is 1. The van der Waals surface area contributed by atoms with Crippen molar-refractivity contribution in [3.05, 3.63) is 71.0 Å². The highest BCUT2D eigenvalue weighted by Gasteiger charge is 2.32. The summed E-state index contributed by atoms with van der Waals surface area (Å²) in [5.74, 6) is 0.648. The first-order valence-electron chi connectivity index (χ1n) is 6.70. The van der Waals surface area contributed by atoms with Gasteiger partial charge in [-0.2, -0.15) is 0 Å². The fourth-order valence-corrected chi connectivity index (χ4v) is 3.34. The van der Waals surface area contributed by atoms with Gasteiger partial charge in [0.25, 0.3) is 5.91 Å². The number of aryl methyl sites for hydroxylation is 1. The summed E-state index contributed by atoms with van der Waals surface area (Å²) in [6.45, 7) is 1.99. The maximum Gasteiger partial charge on any atom is 0.270 e. The second kappa shape index (κ2) is 6.34. The molecule has 3 rings (SSSR count). The molecule has 1 aliphatic rings. The Balaban J connectivity index is 1.82. The van der Waals surface area contributed by atoms with Gasteiger partial charge in [0, 0.05) is 0 Å². The third-order valence-corrected chi connectivity index (χ3v) is 4.43. The number of carbonyl (C=O) groups is 1. The molecule has 0 bridgehead atoms. The predicted octanol–water partition coefficient (Wildman–Crippen LogP) is 4.55. The Bertz CT molecular complexity index is 776. The summed E-state index contributed by atoms with van der Waals surface area (Å²) in [7, 11) is 0. The summed E-state index contributed by atoms with van der Waals surface area (Å²) in [4.78, 5) is 14.7. The van der Waals surface area contributed by atoms with Crippen LogP contribution >= 0.6 is 24.0 Å². The third kappa shape index (κ3) is 3.05. The normalized spacial score (nSPS) is 17.1. The van der Waals surface area contributed by atoms with E-state index in [4.69, 9.17) is 16.6 Å². The second-order valence-corrected chi connectivity index (χ2v) is 6.43. The molecule has 0 unspecified atom stereocenters. The molecule has 0 saturated carbocycles. The van der Waals surface area contributed by atoms with Crippen LogP contribution in [0.2, 0.25) is 0 Å². The summed E-state index contributed by atoms with van der Waals surface area (Å²) in [6.07, 6.45) is 6.97. The highest BCUT2D eigenvalue weighted by molar-refractivity contribution is 8.27. The SMILES string of the molecule is Cc1cccc(N2C(=O)C(=CC=Cc3ccco3)SC2=S)c1. The quantitative estimate of drug-likeness (QED) is 0.612. The molecule has 2 aromatic rings. The molecule has 3 nitrogen and oxygen atoms in total. The van der Waals surface area contributed by atoms with Gasteiger partial charge in [-0.1, -0.05) is 42.2 Å². The molecule has 1 aliphatic heterocycles. The predicted molar refractivity (Wildman–Crippen MR) is 94.7 cm³/mol. The Morgan fingerprint density at radius 1 is 1.27 bits per heavy atom. The minimum atomic E-state index is -0.0929. The first kappa shape index (κ1) is 14.8. The number of anilines is 1. The van der Waals surface area contributed by atoms with Crippen LogP contribution in [0.5, 0.6) is 0 Å². The van der Waals surface area contributed by atoms with Gasteiger partial charge in [0.1, 0.15) is 5.76 Å². The van der Waals surface area contributed by atoms with Gasteiger partial charge in [0.2, 0.25) is 0 Å². The van der Waals surface area contributed by atoms with E-state index in [0.29, 0.717) is 9.23 Å². The van der Waals surface area contributed by atoms with Crippen LogP contribution in [0.1, 0.15) is 11.3 Å². The summed E-state index contributed by atoms with van der Waals surface area (Å²) in [5.41, 5.74) is 1.90. The van der Waals surface area contributed by atoms with Crippen molar-refractivity contribution >= 4 is 46.0 Å². The minimum absolute atomic E-state index is 0.0929. The maximum absolute atomic E-state index is 12.5. The van der Waals surface area contributed by atoms with Crippen LogP contribution in [0.25, 0.3) is 6.08 Å². The van der Waals surface area contributed by atoms with Crippen LogP contribution in [0.4, 0.5) is 5.69 Å². The number of benzene rings is 1. The molecule has 1 fully saturated rings. The molecule has 0 aliphatic carbocycles. The third-order valence-electron chi connectivity index (χ3n) is 3.10. The van der Waals surface area contributed by atoms with E-state index >= 15 is 0 Å². The van der Waals surface area contributed by atoms with E-state index in [0.717, 1.165) is 17.0 Å². The lowest BCUT2D eigenvalue weighted by molar-refractivity contribution is -0.113. The van der Waals surface area contributed by atoms with Crippen molar-refractivity contribution in [3.63, 3.8) is 0 Å². The summed E-state index contributed by atoms with van der Waals surface area (Å²) < 4.78 is 5.76. The van der Waals surface area contributed by atoms with Crippen molar-refractivity contribution in [2.45, 2.75) is 6.92 Å². The zero-order valence-electron chi connectivity index (χ0n) is 11.9. The van der Waals surface area contributed by atoms with E-state index in [1.807, 2.05) is 43.3 Å². The number of thiocarbonyl (C=S) groups is 1. The number of thioether (sulfide) groups is 1. The molecule has 1 aromatic heterocycles. The fraction of sp³-hybridized carbons (Fsp3) is 0.0588. The molecule has 0 radical (unpaired) electrons. The van der Waals surface area contributed by atoms with Gasteiger partial charge in [-0.3, -0.25) is 9.69 Å². The topological polar surface area (TPSA) is 33.5 Å². The molecule has 0 N–H and O–H groups in total. The zero-order valence-corrected chi connectivity index (χ0v) is 13.5. The molecule has 0 spiro atoms. The van der Waals surface area contributed by atoms with Gasteiger partial charge in [-0.15, -0.1) is 0 Å². The molecule has 2 heterocycles. The fourth-order valence-electron chi connectivity index (χ4n) is 2.09. The average molecular weight is 327 g/mol. The highest BCUT2D eigenvalue weighted by atomic mass is 32.2. The van der Waals surface area contributed by atoms with Crippen molar-refractivity contribution < 1.29 is 9.21 Å². The highest BCUT2D eigenvalue weighted by Crippen LogP contribution is 2.35. The van der Waals surface area contributed by atoms with E-state index < -0.39 is 0 Å². The van der Waals surface area contributed by atoms with Crippen LogP contribution in [-0.2, 0) is 4.79 Å². The van der Waals surface area contributed by atoms with E-state index in [2.05, 4.69) is 0 Å². The van der Waals surface area contributed by atoms with E-state index in [1.165, 1.54) is 11.8 Å². The summed E-state index contributed by atoms with van der Waals surface area (Å²) >= 11 is 6.64. The van der Waals surface area contributed by atoms with Crippen LogP contribution in [-0.4, -0.2) is 10.2 Å². The number of rotatable bonds is 3. The molecular formula is C17H13NO2S2. The zero-order chi connectivity index (χ0) is 15.5. The molecular weight excluding hydrogens is 314 g/mol. The average Bonchev–Trinajstić information content (AvgIpc) is 3.08. The van der Waals surface area contributed by atoms with Crippen LogP contribution in [0.3, 0.4) is 0 Å². The Labute approximate surface area is 138 Å². The minimum Gasteiger partial charge on any atom is -0.465 e. The number of allylic oxidation sites excluding steroid dienone is 2. The van der Waals surface area contributed by atoms with E-state index in [-0.39, 0.29) is 5.91 Å². The largest absolute Gasteiger partial charge is 0.465 e. The number of amides is 1. The van der Waals surface area contributed by atoms with Gasteiger partial charge in [0.15, 0.2) is 4.32 Å². The van der Waals surface area contributed by atoms with E-state index in [9.17, 15) is 4.79 Å². The number of hydrogen-bond donors (Lipinski definition) is 0. The van der Waals surface area contributed by atoms with Crippen LogP contribution in [0, 0.1) is 6.92 Å². The van der Waals surface area contributed by atoms with Crippen molar-refractivity contribution in [3.8, 4) is 0 Å². The van der Waals surface area contributed by atoms with Gasteiger partial charge in [-0.05, 0) is 48.9 Å². The van der Waals surface area contributed by atoms with Crippen molar-refractivity contribution in [1.82, 2.24) is 0 Å². The Kier molecular flexibility index (Phi) is 4.27. The van der Waals surface area contributed by atoms with Crippen LogP contribution < -0.4 is 4.90 Å². The first-order chi connectivity index (χ1) is 10.6. The number of furan rings is 1. The standard InChI is InChI=1S/C17H13NO2S2/c1-12-5-2-6-13(11-12)18-16(19)15(22-17(18)21)9-3-7-14-8-4-10-20-14/h2-11H,1H3. The Hall–Kier alpha value is -2.11. The molecule has 22 heavy (non-hydrogen) atoms. The second-order valence-electron chi connectivity index (χ2n) is 4.75. The maximum atomic E-state index is 12.5. The molecule has 110 valence electrons. The van der Waals surface area contributed by atoms with Crippen molar-refractivity contribution in [2.24, 2.45) is 0 Å². The molecule has 1 amide bonds. The lowest BCUT2D eigenvalue weighted by Gasteiger charge is -2.14. The van der Waals surface area contributed by atoms with Gasteiger partial charge in [-0.25, -0.2) is 0 Å². The molecule has 1 aromatic carbocycles. The molecule has 0 atom stereocenters. The van der Waals surface area contributed by atoms with Crippen molar-refractivity contribution in [1.29, 1.82) is 0 Å². The lowest BCUT2D eigenvalue weighted by Crippen LogP contribution is -2.27. The summed E-state index contributed by atoms with van der Waals surface area (Å²) in [6, 6.07) is 11.4. The Morgan fingerprint density at radius 3 is 2.86 bits per heavy atom. The van der Waals surface area contributed by atoms with Crippen LogP contribution in [0.15, 0.2) is 64.1 Å². The van der Waals surface area contributed by atoms with Gasteiger partial charge in [0.05, 0.1) is 16.9 Å². The molecule has 1 saturated heterocycles. The van der Waals surface area contributed by atoms with E-state index in [1.54, 1.807) is 29.4 Å². The summed E-state index contributed by atoms with van der Waals surface area (Å²) in [5, 5.41) is 0. The monoisotopic (exact) mass is 327 g/mol. The number of hydrogen-bond acceptors (Lipinski definition) is 4. The first-order valence-corrected chi connectivity index (χ1v) is 7.92. The Morgan fingerprint density at radius 2 is 2.14 bits per heavy atom. The smallest absolute Gasteiger partial charge is 0.270 e. The number of nitrogens with zero attached hydrogens (tertiary/aromatic N) is 1. The molecule has 5 heteroatoms.